The third kappa shape index (κ3) is 3.19. The van der Waals surface area contributed by atoms with Gasteiger partial charge in [0.25, 0.3) is 0 Å². The second kappa shape index (κ2) is 6.03. The molecule has 2 atom stereocenters. The molecule has 2 fully saturated rings. The predicted molar refractivity (Wildman–Crippen MR) is 84.2 cm³/mol. The molecule has 2 aliphatic rings. The number of piperazine rings is 1. The molecule has 1 aromatic carbocycles. The minimum absolute atomic E-state index is 0.00312. The van der Waals surface area contributed by atoms with Gasteiger partial charge in [-0.15, -0.1) is 0 Å². The van der Waals surface area contributed by atoms with E-state index in [4.69, 9.17) is 5.73 Å². The van der Waals surface area contributed by atoms with Gasteiger partial charge in [-0.1, -0.05) is 12.1 Å². The molecule has 3 N–H and O–H groups in total. The normalized spacial score (nSPS) is 23.7. The SMILES string of the molecule is CC(N)c1cccc(NC(=O)N2CCN3CCCC3C2)c1. The highest BCUT2D eigenvalue weighted by molar-refractivity contribution is 5.89. The van der Waals surface area contributed by atoms with Crippen molar-refractivity contribution in [1.29, 1.82) is 0 Å². The van der Waals surface area contributed by atoms with Crippen molar-refractivity contribution in [2.24, 2.45) is 5.73 Å². The summed E-state index contributed by atoms with van der Waals surface area (Å²) in [4.78, 5) is 16.8. The first-order valence-corrected chi connectivity index (χ1v) is 7.79. The van der Waals surface area contributed by atoms with Crippen molar-refractivity contribution in [2.75, 3.05) is 31.5 Å². The highest BCUT2D eigenvalue weighted by Gasteiger charge is 2.32. The van der Waals surface area contributed by atoms with Crippen molar-refractivity contribution in [3.05, 3.63) is 29.8 Å². The summed E-state index contributed by atoms with van der Waals surface area (Å²) in [5.41, 5.74) is 7.74. The lowest BCUT2D eigenvalue weighted by atomic mass is 10.1. The average molecular weight is 288 g/mol. The molecule has 2 heterocycles. The third-order valence-corrected chi connectivity index (χ3v) is 4.54. The number of hydrogen-bond donors (Lipinski definition) is 2. The first-order valence-electron chi connectivity index (χ1n) is 7.79. The van der Waals surface area contributed by atoms with Gasteiger partial charge in [0.15, 0.2) is 0 Å². The fourth-order valence-electron chi connectivity index (χ4n) is 3.28. The molecule has 114 valence electrons. The van der Waals surface area contributed by atoms with E-state index in [-0.39, 0.29) is 12.1 Å². The maximum atomic E-state index is 12.4. The largest absolute Gasteiger partial charge is 0.324 e. The summed E-state index contributed by atoms with van der Waals surface area (Å²) in [5, 5.41) is 3.00. The summed E-state index contributed by atoms with van der Waals surface area (Å²) in [6.07, 6.45) is 2.47. The number of carbonyl (C=O) groups is 1. The molecule has 5 heteroatoms. The maximum absolute atomic E-state index is 12.4. The Kier molecular flexibility index (Phi) is 4.12. The summed E-state index contributed by atoms with van der Waals surface area (Å²) >= 11 is 0. The van der Waals surface area contributed by atoms with Crippen molar-refractivity contribution < 1.29 is 4.79 Å². The van der Waals surface area contributed by atoms with Crippen LogP contribution in [-0.4, -0.2) is 48.1 Å². The van der Waals surface area contributed by atoms with Crippen LogP contribution < -0.4 is 11.1 Å². The van der Waals surface area contributed by atoms with Crippen LogP contribution in [0, 0.1) is 0 Å². The molecule has 0 saturated carbocycles. The quantitative estimate of drug-likeness (QED) is 0.875. The van der Waals surface area contributed by atoms with Crippen molar-refractivity contribution in [2.45, 2.75) is 31.8 Å². The Labute approximate surface area is 126 Å². The Hall–Kier alpha value is -1.59. The molecule has 0 bridgehead atoms. The van der Waals surface area contributed by atoms with Crippen molar-refractivity contribution >= 4 is 11.7 Å². The molecule has 21 heavy (non-hydrogen) atoms. The maximum Gasteiger partial charge on any atom is 0.321 e. The first-order chi connectivity index (χ1) is 10.1. The van der Waals surface area contributed by atoms with Crippen LogP contribution in [0.5, 0.6) is 0 Å². The summed E-state index contributed by atoms with van der Waals surface area (Å²) in [6.45, 7) is 5.79. The van der Waals surface area contributed by atoms with Gasteiger partial charge in [-0.2, -0.15) is 0 Å². The highest BCUT2D eigenvalue weighted by atomic mass is 16.2. The van der Waals surface area contributed by atoms with Crippen LogP contribution in [-0.2, 0) is 0 Å². The van der Waals surface area contributed by atoms with Crippen LogP contribution in [0.3, 0.4) is 0 Å². The minimum atomic E-state index is -0.0242. The van der Waals surface area contributed by atoms with Gasteiger partial charge in [0.1, 0.15) is 0 Å². The Balaban J connectivity index is 1.62. The fraction of sp³-hybridized carbons (Fsp3) is 0.562. The molecule has 5 nitrogen and oxygen atoms in total. The van der Waals surface area contributed by atoms with Gasteiger partial charge in [-0.3, -0.25) is 4.90 Å². The van der Waals surface area contributed by atoms with Gasteiger partial charge in [-0.05, 0) is 44.0 Å². The first kappa shape index (κ1) is 14.4. The Bertz CT molecular complexity index is 517. The number of urea groups is 1. The zero-order valence-electron chi connectivity index (χ0n) is 12.6. The number of fused-ring (bicyclic) bond motifs is 1. The molecule has 1 aromatic rings. The standard InChI is InChI=1S/C16H24N4O/c1-12(17)13-4-2-5-14(10-13)18-16(21)20-9-8-19-7-3-6-15(19)11-20/h2,4-5,10,12,15H,3,6-9,11,17H2,1H3,(H,18,21). The summed E-state index contributed by atoms with van der Waals surface area (Å²) in [6, 6.07) is 8.32. The van der Waals surface area contributed by atoms with Crippen molar-refractivity contribution in [1.82, 2.24) is 9.80 Å². The summed E-state index contributed by atoms with van der Waals surface area (Å²) in [5.74, 6) is 0. The fourth-order valence-corrected chi connectivity index (χ4v) is 3.28. The third-order valence-electron chi connectivity index (χ3n) is 4.54. The van der Waals surface area contributed by atoms with Crippen LogP contribution in [0.25, 0.3) is 0 Å². The van der Waals surface area contributed by atoms with Crippen LogP contribution in [0.1, 0.15) is 31.4 Å². The Morgan fingerprint density at radius 1 is 1.38 bits per heavy atom. The molecule has 0 spiro atoms. The Morgan fingerprint density at radius 2 is 2.24 bits per heavy atom. The second-order valence-electron chi connectivity index (χ2n) is 6.12. The van der Waals surface area contributed by atoms with Crippen LogP contribution in [0.15, 0.2) is 24.3 Å². The minimum Gasteiger partial charge on any atom is -0.324 e. The van der Waals surface area contributed by atoms with Crippen LogP contribution in [0.4, 0.5) is 10.5 Å². The van der Waals surface area contributed by atoms with Crippen LogP contribution >= 0.6 is 0 Å². The van der Waals surface area contributed by atoms with E-state index in [9.17, 15) is 4.79 Å². The second-order valence-corrected chi connectivity index (χ2v) is 6.12. The number of benzene rings is 1. The smallest absolute Gasteiger partial charge is 0.321 e. The van der Waals surface area contributed by atoms with E-state index in [1.165, 1.54) is 19.4 Å². The van der Waals surface area contributed by atoms with E-state index in [0.717, 1.165) is 30.9 Å². The van der Waals surface area contributed by atoms with Gasteiger partial charge in [0.05, 0.1) is 0 Å². The van der Waals surface area contributed by atoms with E-state index in [0.29, 0.717) is 6.04 Å². The van der Waals surface area contributed by atoms with Crippen molar-refractivity contribution in [3.63, 3.8) is 0 Å². The lowest BCUT2D eigenvalue weighted by Gasteiger charge is -2.37. The lowest BCUT2D eigenvalue weighted by molar-refractivity contribution is 0.124. The molecule has 0 aliphatic carbocycles. The highest BCUT2D eigenvalue weighted by Crippen LogP contribution is 2.22. The van der Waals surface area contributed by atoms with E-state index >= 15 is 0 Å². The summed E-state index contributed by atoms with van der Waals surface area (Å²) in [7, 11) is 0. The van der Waals surface area contributed by atoms with E-state index in [1.54, 1.807) is 0 Å². The van der Waals surface area contributed by atoms with Crippen LogP contribution in [0.2, 0.25) is 0 Å². The number of carbonyl (C=O) groups excluding carboxylic acids is 1. The molecule has 3 rings (SSSR count). The predicted octanol–water partition coefficient (Wildman–Crippen LogP) is 2.02. The zero-order chi connectivity index (χ0) is 14.8. The molecule has 2 amide bonds. The lowest BCUT2D eigenvalue weighted by Crippen LogP contribution is -2.53. The van der Waals surface area contributed by atoms with E-state index < -0.39 is 0 Å². The van der Waals surface area contributed by atoms with Gasteiger partial charge < -0.3 is 16.0 Å². The molecular weight excluding hydrogens is 264 g/mol. The molecular formula is C16H24N4O. The van der Waals surface area contributed by atoms with E-state index in [2.05, 4.69) is 10.2 Å². The number of anilines is 1. The van der Waals surface area contributed by atoms with Gasteiger partial charge >= 0.3 is 6.03 Å². The summed E-state index contributed by atoms with van der Waals surface area (Å²) < 4.78 is 0. The molecule has 0 aromatic heterocycles. The number of nitrogens with two attached hydrogens (primary N) is 1. The zero-order valence-corrected chi connectivity index (χ0v) is 12.6. The number of nitrogens with zero attached hydrogens (tertiary/aromatic N) is 2. The van der Waals surface area contributed by atoms with Crippen molar-refractivity contribution in [3.8, 4) is 0 Å². The monoisotopic (exact) mass is 288 g/mol. The number of nitrogens with one attached hydrogen (secondary N) is 1. The average Bonchev–Trinajstić information content (AvgIpc) is 2.94. The molecule has 0 radical (unpaired) electrons. The Morgan fingerprint density at radius 3 is 3.05 bits per heavy atom. The van der Waals surface area contributed by atoms with Gasteiger partial charge in [0.2, 0.25) is 0 Å². The topological polar surface area (TPSA) is 61.6 Å². The number of hydrogen-bond acceptors (Lipinski definition) is 3. The van der Waals surface area contributed by atoms with Gasteiger partial charge in [0, 0.05) is 37.4 Å². The molecule has 2 aliphatic heterocycles. The molecule has 2 unspecified atom stereocenters. The van der Waals surface area contributed by atoms with Gasteiger partial charge in [-0.25, -0.2) is 4.79 Å². The number of amides is 2. The van der Waals surface area contributed by atoms with E-state index in [1.807, 2.05) is 36.1 Å². The molecule has 2 saturated heterocycles. The number of rotatable bonds is 2.